The highest BCUT2D eigenvalue weighted by atomic mass is 32.3. The molecule has 0 heterocycles. The van der Waals surface area contributed by atoms with Gasteiger partial charge in [0.05, 0.1) is 14.7 Å². The molecule has 0 bridgehead atoms. The van der Waals surface area contributed by atoms with Gasteiger partial charge in [0, 0.05) is 12.1 Å². The number of sulfonamides is 1. The zero-order valence-electron chi connectivity index (χ0n) is 11.9. The van der Waals surface area contributed by atoms with Crippen molar-refractivity contribution in [3.63, 3.8) is 0 Å². The fourth-order valence-electron chi connectivity index (χ4n) is 1.72. The molecule has 0 aliphatic rings. The molecule has 2 aromatic carbocycles. The van der Waals surface area contributed by atoms with Crippen molar-refractivity contribution in [2.75, 3.05) is 7.05 Å². The molecule has 122 valence electrons. The lowest BCUT2D eigenvalue weighted by Gasteiger charge is -2.09. The van der Waals surface area contributed by atoms with Crippen molar-refractivity contribution in [3.8, 4) is 0 Å². The molecule has 0 aromatic heterocycles. The van der Waals surface area contributed by atoms with E-state index in [-0.39, 0.29) is 15.5 Å². The third kappa shape index (κ3) is 3.73. The standard InChI is InChI=1S/C13H13N3O5S2/c1-14-22(19,12-9-7-11(8-10-12)16(17)18)15-23(20,21)13-5-3-2-4-6-13/h2-10H,1H3,(H,14,15,19). The maximum Gasteiger partial charge on any atom is 0.291 e. The van der Waals surface area contributed by atoms with Crippen LogP contribution in [0.5, 0.6) is 0 Å². The minimum absolute atomic E-state index is 0.0325. The highest BCUT2D eigenvalue weighted by Crippen LogP contribution is 2.20. The first-order valence-corrected chi connectivity index (χ1v) is 9.25. The van der Waals surface area contributed by atoms with Gasteiger partial charge in [-0.15, -0.1) is 0 Å². The van der Waals surface area contributed by atoms with Gasteiger partial charge < -0.3 is 0 Å². The van der Waals surface area contributed by atoms with Gasteiger partial charge in [-0.25, -0.2) is 8.93 Å². The van der Waals surface area contributed by atoms with Crippen molar-refractivity contribution >= 4 is 25.6 Å². The lowest BCUT2D eigenvalue weighted by Crippen LogP contribution is -2.20. The van der Waals surface area contributed by atoms with E-state index >= 15 is 0 Å². The summed E-state index contributed by atoms with van der Waals surface area (Å²) in [5.74, 6) is 0. The number of hydrogen-bond acceptors (Lipinski definition) is 5. The van der Waals surface area contributed by atoms with Crippen LogP contribution < -0.4 is 4.72 Å². The van der Waals surface area contributed by atoms with Crippen LogP contribution in [0.15, 0.2) is 68.2 Å². The van der Waals surface area contributed by atoms with Crippen molar-refractivity contribution < 1.29 is 17.6 Å². The first kappa shape index (κ1) is 17.1. The second-order valence-electron chi connectivity index (χ2n) is 4.34. The zero-order chi connectivity index (χ0) is 17.1. The van der Waals surface area contributed by atoms with Gasteiger partial charge in [0.15, 0.2) is 9.92 Å². The van der Waals surface area contributed by atoms with Crippen LogP contribution >= 0.6 is 0 Å². The Balaban J connectivity index is 2.56. The van der Waals surface area contributed by atoms with Gasteiger partial charge in [-0.2, -0.15) is 8.42 Å². The molecule has 0 amide bonds. The molecule has 2 aromatic rings. The molecule has 1 atom stereocenters. The largest absolute Gasteiger partial charge is 0.291 e. The lowest BCUT2D eigenvalue weighted by atomic mass is 10.3. The molecule has 0 aliphatic carbocycles. The smallest absolute Gasteiger partial charge is 0.258 e. The van der Waals surface area contributed by atoms with Crippen LogP contribution in [0.1, 0.15) is 0 Å². The maximum absolute atomic E-state index is 12.8. The molecular weight excluding hydrogens is 342 g/mol. The molecule has 0 spiro atoms. The van der Waals surface area contributed by atoms with Crippen molar-refractivity contribution in [2.24, 2.45) is 3.77 Å². The number of nitro benzene ring substituents is 1. The van der Waals surface area contributed by atoms with Gasteiger partial charge in [-0.3, -0.25) is 10.1 Å². The Morgan fingerprint density at radius 1 is 0.957 bits per heavy atom. The first-order valence-electron chi connectivity index (χ1n) is 6.30. The van der Waals surface area contributed by atoms with E-state index in [9.17, 15) is 22.7 Å². The number of nitrogens with zero attached hydrogens (tertiary/aromatic N) is 2. The number of nitrogens with one attached hydrogen (secondary N) is 1. The summed E-state index contributed by atoms with van der Waals surface area (Å²) in [6.45, 7) is 0. The van der Waals surface area contributed by atoms with E-state index in [1.165, 1.54) is 43.4 Å². The second kappa shape index (κ2) is 6.44. The van der Waals surface area contributed by atoms with Crippen LogP contribution in [0.4, 0.5) is 5.69 Å². The van der Waals surface area contributed by atoms with Gasteiger partial charge in [-0.05, 0) is 31.3 Å². The van der Waals surface area contributed by atoms with E-state index in [0.29, 0.717) is 0 Å². The summed E-state index contributed by atoms with van der Waals surface area (Å²) in [7, 11) is -6.34. The molecule has 2 rings (SSSR count). The predicted molar refractivity (Wildman–Crippen MR) is 84.6 cm³/mol. The van der Waals surface area contributed by atoms with Gasteiger partial charge in [0.2, 0.25) is 0 Å². The summed E-state index contributed by atoms with van der Waals surface area (Å²) in [6.07, 6.45) is 0. The van der Waals surface area contributed by atoms with Crippen LogP contribution in [0.3, 0.4) is 0 Å². The summed E-state index contributed by atoms with van der Waals surface area (Å²) >= 11 is 0. The van der Waals surface area contributed by atoms with E-state index in [1.54, 1.807) is 6.07 Å². The molecule has 10 heteroatoms. The summed E-state index contributed by atoms with van der Waals surface area (Å²) in [5.41, 5.74) is -0.197. The average molecular weight is 355 g/mol. The SMILES string of the molecule is CNS(=O)(=NS(=O)(=O)c1ccccc1)c1ccc([N+](=O)[O-])cc1. The van der Waals surface area contributed by atoms with E-state index in [2.05, 4.69) is 8.49 Å². The maximum atomic E-state index is 12.8. The third-order valence-electron chi connectivity index (χ3n) is 2.89. The first-order chi connectivity index (χ1) is 10.8. The fraction of sp³-hybridized carbons (Fsp3) is 0.0769. The van der Waals surface area contributed by atoms with Crippen LogP contribution in [0.25, 0.3) is 0 Å². The molecule has 8 nitrogen and oxygen atoms in total. The van der Waals surface area contributed by atoms with Gasteiger partial charge in [-0.1, -0.05) is 22.0 Å². The lowest BCUT2D eigenvalue weighted by molar-refractivity contribution is -0.384. The molecule has 0 aliphatic heterocycles. The van der Waals surface area contributed by atoms with Crippen molar-refractivity contribution in [1.29, 1.82) is 0 Å². The third-order valence-corrected chi connectivity index (χ3v) is 6.84. The Kier molecular flexibility index (Phi) is 4.78. The number of non-ortho nitro benzene ring substituents is 1. The summed E-state index contributed by atoms with van der Waals surface area (Å²) in [6, 6.07) is 12.1. The number of rotatable bonds is 5. The number of hydrogen-bond donors (Lipinski definition) is 1. The normalized spacial score (nSPS) is 14.0. The molecule has 0 saturated carbocycles. The van der Waals surface area contributed by atoms with Gasteiger partial charge >= 0.3 is 0 Å². The summed E-state index contributed by atoms with van der Waals surface area (Å²) in [5, 5.41) is 10.6. The van der Waals surface area contributed by atoms with Crippen molar-refractivity contribution in [2.45, 2.75) is 9.79 Å². The fourth-order valence-corrected chi connectivity index (χ4v) is 5.06. The molecule has 1 unspecified atom stereocenters. The minimum Gasteiger partial charge on any atom is -0.258 e. The van der Waals surface area contributed by atoms with Crippen molar-refractivity contribution in [1.82, 2.24) is 4.72 Å². The van der Waals surface area contributed by atoms with Gasteiger partial charge in [0.1, 0.15) is 0 Å². The number of nitro groups is 1. The summed E-state index contributed by atoms with van der Waals surface area (Å²) in [4.78, 5) is 9.98. The highest BCUT2D eigenvalue weighted by molar-refractivity contribution is 8.02. The van der Waals surface area contributed by atoms with E-state index in [4.69, 9.17) is 0 Å². The van der Waals surface area contributed by atoms with Crippen LogP contribution in [0.2, 0.25) is 0 Å². The average Bonchev–Trinajstić information content (AvgIpc) is 2.55. The Labute approximate surface area is 133 Å². The highest BCUT2D eigenvalue weighted by Gasteiger charge is 2.20. The Hall–Kier alpha value is -2.30. The zero-order valence-corrected chi connectivity index (χ0v) is 13.6. The van der Waals surface area contributed by atoms with Crippen LogP contribution in [-0.2, 0) is 19.9 Å². The molecule has 23 heavy (non-hydrogen) atoms. The Morgan fingerprint density at radius 2 is 1.52 bits per heavy atom. The quantitative estimate of drug-likeness (QED) is 0.649. The predicted octanol–water partition coefficient (Wildman–Crippen LogP) is 1.95. The molecular formula is C13H13N3O5S2. The molecule has 1 N–H and O–H groups in total. The minimum atomic E-state index is -4.15. The Morgan fingerprint density at radius 3 is 2.00 bits per heavy atom. The van der Waals surface area contributed by atoms with Crippen molar-refractivity contribution in [3.05, 3.63) is 64.7 Å². The van der Waals surface area contributed by atoms with Crippen LogP contribution in [0, 0.1) is 10.1 Å². The Bertz CT molecular complexity index is 931. The summed E-state index contributed by atoms with van der Waals surface area (Å²) < 4.78 is 43.2. The van der Waals surface area contributed by atoms with E-state index in [0.717, 1.165) is 12.1 Å². The van der Waals surface area contributed by atoms with Gasteiger partial charge in [0.25, 0.3) is 15.7 Å². The second-order valence-corrected chi connectivity index (χ2v) is 8.29. The molecule has 0 radical (unpaired) electrons. The van der Waals surface area contributed by atoms with Crippen LogP contribution in [-0.4, -0.2) is 24.6 Å². The molecule has 0 fully saturated rings. The topological polar surface area (TPSA) is 119 Å². The van der Waals surface area contributed by atoms with E-state index in [1.807, 2.05) is 0 Å². The molecule has 0 saturated heterocycles. The number of benzene rings is 2. The monoisotopic (exact) mass is 355 g/mol. The van der Waals surface area contributed by atoms with E-state index < -0.39 is 24.9 Å².